The van der Waals surface area contributed by atoms with E-state index in [1.807, 2.05) is 19.1 Å². The van der Waals surface area contributed by atoms with Gasteiger partial charge in [0.05, 0.1) is 25.8 Å². The van der Waals surface area contributed by atoms with Crippen LogP contribution in [0.5, 0.6) is 0 Å². The normalized spacial score (nSPS) is 15.0. The molecule has 1 fully saturated rings. The summed E-state index contributed by atoms with van der Waals surface area (Å²) in [5, 5.41) is 5.05. The summed E-state index contributed by atoms with van der Waals surface area (Å²) in [6, 6.07) is 10.4. The molecule has 0 aliphatic heterocycles. The van der Waals surface area contributed by atoms with E-state index in [0.29, 0.717) is 32.3 Å². The topological polar surface area (TPSA) is 49.4 Å². The summed E-state index contributed by atoms with van der Waals surface area (Å²) in [5.41, 5.74) is 1.81. The van der Waals surface area contributed by atoms with Gasteiger partial charge in [-0.3, -0.25) is 9.59 Å². The number of benzene rings is 2. The van der Waals surface area contributed by atoms with Crippen LogP contribution < -0.4 is 5.32 Å². The second kappa shape index (κ2) is 14.0. The molecule has 1 N–H and O–H groups in total. The van der Waals surface area contributed by atoms with Crippen molar-refractivity contribution in [2.24, 2.45) is 0 Å². The minimum Gasteiger partial charge on any atom is -0.352 e. The highest BCUT2D eigenvalue weighted by molar-refractivity contribution is 7.99. The first-order valence-corrected chi connectivity index (χ1v) is 14.5. The summed E-state index contributed by atoms with van der Waals surface area (Å²) in [5.74, 6) is 0.636. The first-order valence-electron chi connectivity index (χ1n) is 11.8. The van der Waals surface area contributed by atoms with Gasteiger partial charge in [-0.1, -0.05) is 84.7 Å². The number of thioether (sulfide) groups is 1. The number of hydrogen-bond acceptors (Lipinski definition) is 3. The molecule has 0 bridgehead atoms. The van der Waals surface area contributed by atoms with Crippen molar-refractivity contribution < 1.29 is 9.59 Å². The lowest BCUT2D eigenvalue weighted by atomic mass is 9.95. The van der Waals surface area contributed by atoms with Crippen molar-refractivity contribution in [3.63, 3.8) is 0 Å². The molecule has 0 heterocycles. The Labute approximate surface area is 232 Å². The lowest BCUT2D eigenvalue weighted by Gasteiger charge is -2.33. The van der Waals surface area contributed by atoms with Crippen molar-refractivity contribution in [1.29, 1.82) is 0 Å². The lowest BCUT2D eigenvalue weighted by Crippen LogP contribution is -2.52. The van der Waals surface area contributed by atoms with Crippen LogP contribution >= 0.6 is 58.2 Å². The average molecular weight is 576 g/mol. The molecule has 0 spiro atoms. The molecule has 3 rings (SSSR count). The molecule has 190 valence electrons. The monoisotopic (exact) mass is 574 g/mol. The van der Waals surface area contributed by atoms with Gasteiger partial charge in [0.2, 0.25) is 11.8 Å². The van der Waals surface area contributed by atoms with Gasteiger partial charge in [0.15, 0.2) is 0 Å². The molecule has 0 aromatic heterocycles. The van der Waals surface area contributed by atoms with E-state index in [2.05, 4.69) is 5.32 Å². The van der Waals surface area contributed by atoms with E-state index >= 15 is 0 Å². The maximum Gasteiger partial charge on any atom is 0.243 e. The maximum absolute atomic E-state index is 13.4. The molecular formula is C26H30Cl4N2O2S. The summed E-state index contributed by atoms with van der Waals surface area (Å²) in [7, 11) is 0. The Hall–Kier alpha value is -1.11. The van der Waals surface area contributed by atoms with Gasteiger partial charge < -0.3 is 10.2 Å². The minimum atomic E-state index is -0.565. The van der Waals surface area contributed by atoms with Gasteiger partial charge >= 0.3 is 0 Å². The van der Waals surface area contributed by atoms with Crippen LogP contribution in [0.15, 0.2) is 36.4 Å². The number of halogens is 4. The quantitative estimate of drug-likeness (QED) is 0.314. The molecular weight excluding hydrogens is 546 g/mol. The number of carbonyl (C=O) groups is 2. The van der Waals surface area contributed by atoms with Crippen molar-refractivity contribution in [2.75, 3.05) is 5.75 Å². The van der Waals surface area contributed by atoms with E-state index < -0.39 is 6.04 Å². The van der Waals surface area contributed by atoms with Crippen LogP contribution in [-0.2, 0) is 21.9 Å². The summed E-state index contributed by atoms with van der Waals surface area (Å²) in [6.07, 6.45) is 5.95. The minimum absolute atomic E-state index is 0.0951. The van der Waals surface area contributed by atoms with Crippen LogP contribution in [-0.4, -0.2) is 34.6 Å². The second-order valence-electron chi connectivity index (χ2n) is 8.78. The Morgan fingerprint density at radius 2 is 1.54 bits per heavy atom. The summed E-state index contributed by atoms with van der Waals surface area (Å²) < 4.78 is 0. The number of carbonyl (C=O) groups excluding carboxylic acids is 2. The molecule has 2 aromatic carbocycles. The molecule has 2 aromatic rings. The molecule has 0 unspecified atom stereocenters. The van der Waals surface area contributed by atoms with Crippen molar-refractivity contribution in [1.82, 2.24) is 10.2 Å². The van der Waals surface area contributed by atoms with Crippen LogP contribution in [0.3, 0.4) is 0 Å². The molecule has 1 aliphatic rings. The molecule has 4 nitrogen and oxygen atoms in total. The van der Waals surface area contributed by atoms with E-state index in [0.717, 1.165) is 36.8 Å². The zero-order chi connectivity index (χ0) is 25.4. The van der Waals surface area contributed by atoms with Crippen LogP contribution in [0.2, 0.25) is 20.1 Å². The van der Waals surface area contributed by atoms with Crippen LogP contribution in [0.4, 0.5) is 0 Å². The number of amides is 2. The molecule has 0 radical (unpaired) electrons. The average Bonchev–Trinajstić information content (AvgIpc) is 2.84. The molecule has 35 heavy (non-hydrogen) atoms. The Kier molecular flexibility index (Phi) is 11.4. The highest BCUT2D eigenvalue weighted by Crippen LogP contribution is 2.27. The summed E-state index contributed by atoms with van der Waals surface area (Å²) in [6.45, 7) is 2.21. The van der Waals surface area contributed by atoms with Gasteiger partial charge in [0.1, 0.15) is 6.04 Å². The number of nitrogens with zero attached hydrogens (tertiary/aromatic N) is 1. The van der Waals surface area contributed by atoms with Crippen LogP contribution in [0, 0.1) is 0 Å². The van der Waals surface area contributed by atoms with Crippen molar-refractivity contribution in [3.05, 3.63) is 67.6 Å². The highest BCUT2D eigenvalue weighted by Gasteiger charge is 2.30. The number of nitrogens with one attached hydrogen (secondary N) is 1. The first-order chi connectivity index (χ1) is 16.8. The maximum atomic E-state index is 13.4. The third-order valence-electron chi connectivity index (χ3n) is 6.15. The molecule has 1 aliphatic carbocycles. The van der Waals surface area contributed by atoms with Crippen molar-refractivity contribution in [3.8, 4) is 0 Å². The van der Waals surface area contributed by atoms with Crippen molar-refractivity contribution >= 4 is 70.0 Å². The Morgan fingerprint density at radius 1 is 0.943 bits per heavy atom. The van der Waals surface area contributed by atoms with E-state index in [9.17, 15) is 9.59 Å². The fourth-order valence-corrected chi connectivity index (χ4v) is 5.77. The van der Waals surface area contributed by atoms with E-state index in [4.69, 9.17) is 46.4 Å². The Balaban J connectivity index is 1.72. The summed E-state index contributed by atoms with van der Waals surface area (Å²) in [4.78, 5) is 28.4. The predicted octanol–water partition coefficient (Wildman–Crippen LogP) is 7.79. The van der Waals surface area contributed by atoms with Gasteiger partial charge in [0, 0.05) is 18.3 Å². The largest absolute Gasteiger partial charge is 0.352 e. The van der Waals surface area contributed by atoms with E-state index in [1.54, 1.807) is 29.2 Å². The van der Waals surface area contributed by atoms with Gasteiger partial charge in [-0.25, -0.2) is 0 Å². The van der Waals surface area contributed by atoms with E-state index in [-0.39, 0.29) is 30.2 Å². The molecule has 2 amide bonds. The molecule has 0 saturated heterocycles. The summed E-state index contributed by atoms with van der Waals surface area (Å²) >= 11 is 25.9. The second-order valence-corrected chi connectivity index (χ2v) is 11.4. The third kappa shape index (κ3) is 8.46. The highest BCUT2D eigenvalue weighted by atomic mass is 35.5. The lowest BCUT2D eigenvalue weighted by molar-refractivity contribution is -0.139. The molecule has 9 heteroatoms. The van der Waals surface area contributed by atoms with Crippen LogP contribution in [0.25, 0.3) is 0 Å². The smallest absolute Gasteiger partial charge is 0.243 e. The first kappa shape index (κ1) is 28.5. The fraction of sp³-hybridized carbons (Fsp3) is 0.462. The molecule has 1 saturated carbocycles. The van der Waals surface area contributed by atoms with Gasteiger partial charge in [-0.2, -0.15) is 0 Å². The third-order valence-corrected chi connectivity index (χ3v) is 8.62. The predicted molar refractivity (Wildman–Crippen MR) is 149 cm³/mol. The van der Waals surface area contributed by atoms with Gasteiger partial charge in [-0.15, -0.1) is 11.8 Å². The van der Waals surface area contributed by atoms with Gasteiger partial charge in [-0.05, 0) is 54.7 Å². The number of rotatable bonds is 10. The Bertz CT molecular complexity index is 1030. The van der Waals surface area contributed by atoms with Crippen molar-refractivity contribution in [2.45, 2.75) is 69.8 Å². The standard InChI is InChI=1S/C26H30Cl4N2O2S/c1-2-24(26(34)31-19-6-4-3-5-7-19)32(14-17-8-10-20(27)22(29)12-17)25(33)16-35-15-18-9-11-21(28)23(30)13-18/h8-13,19,24H,2-7,14-16H2,1H3,(H,31,34)/t24-/m1/s1. The zero-order valence-corrected chi connectivity index (χ0v) is 23.5. The van der Waals surface area contributed by atoms with Crippen LogP contribution in [0.1, 0.15) is 56.6 Å². The SMILES string of the molecule is CC[C@H](C(=O)NC1CCCCC1)N(Cc1ccc(Cl)c(Cl)c1)C(=O)CSCc1ccc(Cl)c(Cl)c1. The van der Waals surface area contributed by atoms with Gasteiger partial charge in [0.25, 0.3) is 0 Å². The van der Waals surface area contributed by atoms with E-state index in [1.165, 1.54) is 18.2 Å². The Morgan fingerprint density at radius 3 is 2.14 bits per heavy atom. The molecule has 1 atom stereocenters. The fourth-order valence-electron chi connectivity index (χ4n) is 4.27. The zero-order valence-electron chi connectivity index (χ0n) is 19.7. The number of hydrogen-bond donors (Lipinski definition) is 1.